The van der Waals surface area contributed by atoms with Crippen LogP contribution < -0.4 is 5.32 Å². The second-order valence-corrected chi connectivity index (χ2v) is 8.68. The highest BCUT2D eigenvalue weighted by molar-refractivity contribution is 8.00. The highest BCUT2D eigenvalue weighted by Crippen LogP contribution is 2.23. The number of hydrogen-bond acceptors (Lipinski definition) is 4. The predicted molar refractivity (Wildman–Crippen MR) is 87.0 cm³/mol. The maximum atomic E-state index is 11.9. The van der Waals surface area contributed by atoms with Gasteiger partial charge >= 0.3 is 0 Å². The van der Waals surface area contributed by atoms with Crippen LogP contribution in [-0.4, -0.2) is 50.3 Å². The average molecular weight is 330 g/mol. The van der Waals surface area contributed by atoms with Crippen LogP contribution in [0, 0.1) is 6.92 Å². The highest BCUT2D eigenvalue weighted by Gasteiger charge is 2.17. The van der Waals surface area contributed by atoms with Crippen molar-refractivity contribution in [3.8, 4) is 0 Å². The summed E-state index contributed by atoms with van der Waals surface area (Å²) in [5.41, 5.74) is 1.17. The van der Waals surface area contributed by atoms with Crippen LogP contribution in [0.1, 0.15) is 12.5 Å². The van der Waals surface area contributed by atoms with E-state index in [0.717, 1.165) is 9.20 Å². The molecule has 1 amide bonds. The fourth-order valence-corrected chi connectivity index (χ4v) is 3.12. The lowest BCUT2D eigenvalue weighted by Gasteiger charge is -2.14. The van der Waals surface area contributed by atoms with Gasteiger partial charge in [-0.1, -0.05) is 17.7 Å². The van der Waals surface area contributed by atoms with Gasteiger partial charge in [-0.15, -0.1) is 11.8 Å². The second-order valence-electron chi connectivity index (χ2n) is 4.96. The third kappa shape index (κ3) is 6.07. The van der Waals surface area contributed by atoms with E-state index < -0.39 is 10.0 Å². The lowest BCUT2D eigenvalue weighted by atomic mass is 10.2. The number of carbonyl (C=O) groups excluding carboxylic acids is 1. The van der Waals surface area contributed by atoms with Crippen molar-refractivity contribution in [1.29, 1.82) is 0 Å². The van der Waals surface area contributed by atoms with Gasteiger partial charge in [0, 0.05) is 25.5 Å². The summed E-state index contributed by atoms with van der Waals surface area (Å²) < 4.78 is 24.3. The standard InChI is InChI=1S/C14H22N2O3S2/c1-11-5-7-13(8-6-11)20-12(2)14(17)15-9-10-21(18,19)16(3)4/h5-8,12H,9-10H2,1-4H3,(H,15,17). The minimum atomic E-state index is -3.27. The summed E-state index contributed by atoms with van der Waals surface area (Å²) in [6.07, 6.45) is 0. The first kappa shape index (κ1) is 18.0. The lowest BCUT2D eigenvalue weighted by molar-refractivity contribution is -0.120. The van der Waals surface area contributed by atoms with Gasteiger partial charge in [0.25, 0.3) is 0 Å². The second kappa shape index (κ2) is 7.82. The molecule has 1 rings (SSSR count). The van der Waals surface area contributed by atoms with Gasteiger partial charge in [-0.2, -0.15) is 0 Å². The van der Waals surface area contributed by atoms with Gasteiger partial charge < -0.3 is 5.32 Å². The third-order valence-electron chi connectivity index (χ3n) is 2.92. The normalized spacial score (nSPS) is 13.2. The molecular weight excluding hydrogens is 308 g/mol. The Hall–Kier alpha value is -1.05. The molecule has 5 nitrogen and oxygen atoms in total. The first-order chi connectivity index (χ1) is 9.72. The highest BCUT2D eigenvalue weighted by atomic mass is 32.2. The molecule has 0 fully saturated rings. The van der Waals surface area contributed by atoms with Crippen molar-refractivity contribution >= 4 is 27.7 Å². The molecule has 0 aliphatic heterocycles. The third-order valence-corrected chi connectivity index (χ3v) is 5.86. The minimum Gasteiger partial charge on any atom is -0.354 e. The molecule has 0 aromatic heterocycles. The molecule has 0 bridgehead atoms. The van der Waals surface area contributed by atoms with Gasteiger partial charge in [-0.25, -0.2) is 12.7 Å². The Kier molecular flexibility index (Phi) is 6.70. The fraction of sp³-hybridized carbons (Fsp3) is 0.500. The van der Waals surface area contributed by atoms with E-state index in [0.29, 0.717) is 0 Å². The van der Waals surface area contributed by atoms with E-state index in [4.69, 9.17) is 0 Å². The molecular formula is C14H22N2O3S2. The predicted octanol–water partition coefficient (Wildman–Crippen LogP) is 1.48. The van der Waals surface area contributed by atoms with Crippen LogP contribution in [0.3, 0.4) is 0 Å². The van der Waals surface area contributed by atoms with Gasteiger partial charge in [0.2, 0.25) is 15.9 Å². The Balaban J connectivity index is 2.43. The molecule has 0 aliphatic rings. The number of rotatable bonds is 7. The Bertz CT molecular complexity index is 568. The fourth-order valence-electron chi connectivity index (χ4n) is 1.50. The maximum Gasteiger partial charge on any atom is 0.233 e. The van der Waals surface area contributed by atoms with Crippen molar-refractivity contribution in [2.45, 2.75) is 24.0 Å². The molecule has 0 saturated heterocycles. The monoisotopic (exact) mass is 330 g/mol. The molecule has 1 aromatic rings. The number of amides is 1. The van der Waals surface area contributed by atoms with E-state index in [1.54, 1.807) is 6.92 Å². The van der Waals surface area contributed by atoms with E-state index in [1.165, 1.54) is 31.4 Å². The summed E-state index contributed by atoms with van der Waals surface area (Å²) in [4.78, 5) is 12.9. The summed E-state index contributed by atoms with van der Waals surface area (Å²) in [5, 5.41) is 2.39. The molecule has 0 saturated carbocycles. The molecule has 1 unspecified atom stereocenters. The SMILES string of the molecule is Cc1ccc(SC(C)C(=O)NCCS(=O)(=O)N(C)C)cc1. The molecule has 0 radical (unpaired) electrons. The summed E-state index contributed by atoms with van der Waals surface area (Å²) >= 11 is 1.45. The van der Waals surface area contributed by atoms with E-state index in [1.807, 2.05) is 31.2 Å². The Morgan fingerprint density at radius 3 is 2.38 bits per heavy atom. The zero-order valence-corrected chi connectivity index (χ0v) is 14.4. The Morgan fingerprint density at radius 2 is 1.86 bits per heavy atom. The molecule has 0 spiro atoms. The molecule has 0 heterocycles. The first-order valence-corrected chi connectivity index (χ1v) is 9.12. The zero-order chi connectivity index (χ0) is 16.0. The lowest BCUT2D eigenvalue weighted by Crippen LogP contribution is -2.37. The smallest absolute Gasteiger partial charge is 0.233 e. The Morgan fingerprint density at radius 1 is 1.29 bits per heavy atom. The number of sulfonamides is 1. The molecule has 1 atom stereocenters. The van der Waals surface area contributed by atoms with Gasteiger partial charge in [0.15, 0.2) is 0 Å². The van der Waals surface area contributed by atoms with E-state index >= 15 is 0 Å². The van der Waals surface area contributed by atoms with Crippen LogP contribution in [0.4, 0.5) is 0 Å². The summed E-state index contributed by atoms with van der Waals surface area (Å²) in [6.45, 7) is 3.94. The van der Waals surface area contributed by atoms with Crippen LogP contribution >= 0.6 is 11.8 Å². The van der Waals surface area contributed by atoms with E-state index in [-0.39, 0.29) is 23.5 Å². The summed E-state index contributed by atoms with van der Waals surface area (Å²) in [7, 11) is -0.313. The first-order valence-electron chi connectivity index (χ1n) is 6.63. The largest absolute Gasteiger partial charge is 0.354 e. The topological polar surface area (TPSA) is 66.5 Å². The number of thioether (sulfide) groups is 1. The molecule has 118 valence electrons. The van der Waals surface area contributed by atoms with Crippen LogP contribution in [0.2, 0.25) is 0 Å². The van der Waals surface area contributed by atoms with Crippen molar-refractivity contribution < 1.29 is 13.2 Å². The quantitative estimate of drug-likeness (QED) is 0.769. The Labute approximate surface area is 131 Å². The summed E-state index contributed by atoms with van der Waals surface area (Å²) in [5.74, 6) is -0.247. The molecule has 1 aromatic carbocycles. The van der Waals surface area contributed by atoms with Crippen LogP contribution in [-0.2, 0) is 14.8 Å². The molecule has 7 heteroatoms. The average Bonchev–Trinajstić information content (AvgIpc) is 2.40. The van der Waals surface area contributed by atoms with E-state index in [2.05, 4.69) is 5.32 Å². The van der Waals surface area contributed by atoms with Crippen molar-refractivity contribution in [2.75, 3.05) is 26.4 Å². The van der Waals surface area contributed by atoms with Crippen LogP contribution in [0.25, 0.3) is 0 Å². The molecule has 21 heavy (non-hydrogen) atoms. The van der Waals surface area contributed by atoms with Crippen molar-refractivity contribution in [3.05, 3.63) is 29.8 Å². The van der Waals surface area contributed by atoms with Gasteiger partial charge in [-0.05, 0) is 26.0 Å². The van der Waals surface area contributed by atoms with Crippen molar-refractivity contribution in [2.24, 2.45) is 0 Å². The number of hydrogen-bond donors (Lipinski definition) is 1. The van der Waals surface area contributed by atoms with Crippen LogP contribution in [0.15, 0.2) is 29.2 Å². The molecule has 1 N–H and O–H groups in total. The van der Waals surface area contributed by atoms with Crippen molar-refractivity contribution in [3.63, 3.8) is 0 Å². The number of aryl methyl sites for hydroxylation is 1. The van der Waals surface area contributed by atoms with Gasteiger partial charge in [0.1, 0.15) is 0 Å². The number of nitrogens with zero attached hydrogens (tertiary/aromatic N) is 1. The minimum absolute atomic E-state index is 0.0896. The van der Waals surface area contributed by atoms with Gasteiger partial charge in [0.05, 0.1) is 11.0 Å². The van der Waals surface area contributed by atoms with Gasteiger partial charge in [-0.3, -0.25) is 4.79 Å². The number of benzene rings is 1. The van der Waals surface area contributed by atoms with Crippen LogP contribution in [0.5, 0.6) is 0 Å². The number of nitrogens with one attached hydrogen (secondary N) is 1. The van der Waals surface area contributed by atoms with Crippen molar-refractivity contribution in [1.82, 2.24) is 9.62 Å². The number of carbonyl (C=O) groups is 1. The summed E-state index contributed by atoms with van der Waals surface area (Å²) in [6, 6.07) is 7.94. The molecule has 0 aliphatic carbocycles. The van der Waals surface area contributed by atoms with E-state index in [9.17, 15) is 13.2 Å². The zero-order valence-electron chi connectivity index (χ0n) is 12.8. The maximum absolute atomic E-state index is 11.9.